The number of nitrogens with zero attached hydrogens (tertiary/aromatic N) is 1. The molecule has 2 aliphatic rings. The minimum Gasteiger partial charge on any atom is -0.316 e. The smallest absolute Gasteiger partial charge is 0.00924 e. The first kappa shape index (κ1) is 14.3. The molecule has 2 rings (SSSR count). The lowest BCUT2D eigenvalue weighted by Gasteiger charge is -2.46. The summed E-state index contributed by atoms with van der Waals surface area (Å²) in [4.78, 5) is 2.67. The van der Waals surface area contributed by atoms with Gasteiger partial charge in [-0.25, -0.2) is 0 Å². The van der Waals surface area contributed by atoms with E-state index in [1.807, 2.05) is 0 Å². The average Bonchev–Trinajstić information content (AvgIpc) is 2.23. The Morgan fingerprint density at radius 2 is 2.00 bits per heavy atom. The van der Waals surface area contributed by atoms with Gasteiger partial charge in [-0.2, -0.15) is 0 Å². The summed E-state index contributed by atoms with van der Waals surface area (Å²) < 4.78 is 0. The van der Waals surface area contributed by atoms with Gasteiger partial charge in [0.1, 0.15) is 0 Å². The molecule has 0 bridgehead atoms. The lowest BCUT2D eigenvalue weighted by Crippen LogP contribution is -2.49. The Morgan fingerprint density at radius 1 is 1.22 bits per heavy atom. The highest BCUT2D eigenvalue weighted by Gasteiger charge is 2.37. The van der Waals surface area contributed by atoms with Crippen molar-refractivity contribution in [2.24, 2.45) is 11.3 Å². The number of hydrogen-bond acceptors (Lipinski definition) is 2. The van der Waals surface area contributed by atoms with Gasteiger partial charge < -0.3 is 10.2 Å². The summed E-state index contributed by atoms with van der Waals surface area (Å²) in [5, 5.41) is 3.63. The average molecular weight is 252 g/mol. The summed E-state index contributed by atoms with van der Waals surface area (Å²) in [7, 11) is 2.36. The first-order valence-corrected chi connectivity index (χ1v) is 8.06. The van der Waals surface area contributed by atoms with Gasteiger partial charge in [0.25, 0.3) is 0 Å². The molecule has 2 aliphatic carbocycles. The summed E-state index contributed by atoms with van der Waals surface area (Å²) >= 11 is 0. The van der Waals surface area contributed by atoms with E-state index in [2.05, 4.69) is 31.1 Å². The summed E-state index contributed by atoms with van der Waals surface area (Å²) in [5.41, 5.74) is 0.554. The van der Waals surface area contributed by atoms with Gasteiger partial charge in [-0.1, -0.05) is 33.1 Å². The fraction of sp³-hybridized carbons (Fsp3) is 1.00. The van der Waals surface area contributed by atoms with Crippen LogP contribution in [0.1, 0.15) is 58.8 Å². The van der Waals surface area contributed by atoms with E-state index in [1.165, 1.54) is 58.0 Å². The van der Waals surface area contributed by atoms with Gasteiger partial charge in [0.2, 0.25) is 0 Å². The van der Waals surface area contributed by atoms with Crippen LogP contribution in [-0.2, 0) is 0 Å². The van der Waals surface area contributed by atoms with Crippen LogP contribution in [0.15, 0.2) is 0 Å². The van der Waals surface area contributed by atoms with E-state index in [0.29, 0.717) is 5.41 Å². The minimum absolute atomic E-state index is 0.554. The van der Waals surface area contributed by atoms with Crippen LogP contribution in [0, 0.1) is 11.3 Å². The van der Waals surface area contributed by atoms with E-state index >= 15 is 0 Å². The zero-order valence-electron chi connectivity index (χ0n) is 12.7. The summed E-state index contributed by atoms with van der Waals surface area (Å²) in [5.74, 6) is 0.923. The van der Waals surface area contributed by atoms with E-state index in [1.54, 1.807) is 0 Å². The van der Waals surface area contributed by atoms with E-state index in [-0.39, 0.29) is 0 Å². The number of nitrogens with one attached hydrogen (secondary N) is 1. The Balaban J connectivity index is 1.94. The van der Waals surface area contributed by atoms with Crippen molar-refractivity contribution in [1.82, 2.24) is 10.2 Å². The third-order valence-electron chi connectivity index (χ3n) is 5.22. The van der Waals surface area contributed by atoms with Crippen molar-refractivity contribution < 1.29 is 0 Å². The van der Waals surface area contributed by atoms with Crippen molar-refractivity contribution in [3.8, 4) is 0 Å². The van der Waals surface area contributed by atoms with Crippen molar-refractivity contribution in [2.45, 2.75) is 64.8 Å². The molecule has 0 radical (unpaired) electrons. The molecule has 0 spiro atoms. The van der Waals surface area contributed by atoms with E-state index < -0.39 is 0 Å². The maximum absolute atomic E-state index is 3.63. The van der Waals surface area contributed by atoms with Gasteiger partial charge in [0.05, 0.1) is 0 Å². The largest absolute Gasteiger partial charge is 0.316 e. The predicted molar refractivity (Wildman–Crippen MR) is 78.9 cm³/mol. The van der Waals surface area contributed by atoms with Crippen LogP contribution in [0.2, 0.25) is 0 Å². The Kier molecular flexibility index (Phi) is 5.08. The molecule has 106 valence electrons. The molecule has 2 fully saturated rings. The van der Waals surface area contributed by atoms with Gasteiger partial charge >= 0.3 is 0 Å². The normalized spacial score (nSPS) is 33.7. The lowest BCUT2D eigenvalue weighted by molar-refractivity contribution is 0.0517. The van der Waals surface area contributed by atoms with Crippen LogP contribution < -0.4 is 5.32 Å². The molecule has 0 aromatic carbocycles. The standard InChI is InChI=1S/C16H32N2/c1-4-17-12-16(10-6-7-14(2)11-16)13-18(3)15-8-5-9-15/h14-15,17H,4-13H2,1-3H3. The molecule has 2 nitrogen and oxygen atoms in total. The second-order valence-electron chi connectivity index (χ2n) is 6.98. The fourth-order valence-electron chi connectivity index (χ4n) is 4.00. The molecule has 2 saturated carbocycles. The molecule has 18 heavy (non-hydrogen) atoms. The SMILES string of the molecule is CCNCC1(CN(C)C2CCC2)CCCC(C)C1. The minimum atomic E-state index is 0.554. The summed E-state index contributed by atoms with van der Waals surface area (Å²) in [6.45, 7) is 8.34. The molecule has 0 saturated heterocycles. The molecule has 0 heterocycles. The van der Waals surface area contributed by atoms with Crippen molar-refractivity contribution in [3.63, 3.8) is 0 Å². The van der Waals surface area contributed by atoms with Crippen LogP contribution in [-0.4, -0.2) is 37.6 Å². The summed E-state index contributed by atoms with van der Waals surface area (Å²) in [6, 6.07) is 0.890. The fourth-order valence-corrected chi connectivity index (χ4v) is 4.00. The molecule has 1 N–H and O–H groups in total. The van der Waals surface area contributed by atoms with Gasteiger partial charge in [0, 0.05) is 19.1 Å². The molecule has 2 unspecified atom stereocenters. The highest BCUT2D eigenvalue weighted by molar-refractivity contribution is 4.91. The van der Waals surface area contributed by atoms with Crippen molar-refractivity contribution in [2.75, 3.05) is 26.7 Å². The van der Waals surface area contributed by atoms with Gasteiger partial charge in [-0.05, 0) is 50.6 Å². The van der Waals surface area contributed by atoms with Crippen molar-refractivity contribution in [1.29, 1.82) is 0 Å². The molecule has 0 aromatic rings. The van der Waals surface area contributed by atoms with Crippen LogP contribution in [0.5, 0.6) is 0 Å². The van der Waals surface area contributed by atoms with Gasteiger partial charge in [0.15, 0.2) is 0 Å². The Hall–Kier alpha value is -0.0800. The maximum atomic E-state index is 3.63. The third-order valence-corrected chi connectivity index (χ3v) is 5.22. The molecular formula is C16H32N2. The highest BCUT2D eigenvalue weighted by Crippen LogP contribution is 2.40. The second kappa shape index (κ2) is 6.38. The predicted octanol–water partition coefficient (Wildman–Crippen LogP) is 3.28. The van der Waals surface area contributed by atoms with Crippen molar-refractivity contribution in [3.05, 3.63) is 0 Å². The molecule has 0 aliphatic heterocycles. The van der Waals surface area contributed by atoms with Crippen LogP contribution in [0.4, 0.5) is 0 Å². The third kappa shape index (κ3) is 3.48. The van der Waals surface area contributed by atoms with Crippen LogP contribution in [0.3, 0.4) is 0 Å². The zero-order valence-corrected chi connectivity index (χ0v) is 12.7. The van der Waals surface area contributed by atoms with Crippen LogP contribution in [0.25, 0.3) is 0 Å². The second-order valence-corrected chi connectivity index (χ2v) is 6.98. The monoisotopic (exact) mass is 252 g/mol. The Morgan fingerprint density at radius 3 is 2.56 bits per heavy atom. The Labute approximate surface area is 114 Å². The number of rotatable bonds is 6. The molecule has 0 aromatic heterocycles. The first-order valence-electron chi connectivity index (χ1n) is 8.06. The molecule has 0 amide bonds. The Bertz CT molecular complexity index is 249. The van der Waals surface area contributed by atoms with Crippen molar-refractivity contribution >= 4 is 0 Å². The first-order chi connectivity index (χ1) is 8.65. The zero-order chi connectivity index (χ0) is 13.0. The molecule has 2 heteroatoms. The molecule has 2 atom stereocenters. The molecular weight excluding hydrogens is 220 g/mol. The van der Waals surface area contributed by atoms with E-state index in [9.17, 15) is 0 Å². The maximum Gasteiger partial charge on any atom is 0.00924 e. The quantitative estimate of drug-likeness (QED) is 0.780. The van der Waals surface area contributed by atoms with E-state index in [0.717, 1.165) is 18.5 Å². The lowest BCUT2D eigenvalue weighted by atomic mass is 9.69. The summed E-state index contributed by atoms with van der Waals surface area (Å²) in [6.07, 6.45) is 10.1. The van der Waals surface area contributed by atoms with Crippen LogP contribution >= 0.6 is 0 Å². The topological polar surface area (TPSA) is 15.3 Å². The highest BCUT2D eigenvalue weighted by atomic mass is 15.1. The van der Waals surface area contributed by atoms with Gasteiger partial charge in [-0.3, -0.25) is 0 Å². The van der Waals surface area contributed by atoms with Gasteiger partial charge in [-0.15, -0.1) is 0 Å². The van der Waals surface area contributed by atoms with E-state index in [4.69, 9.17) is 0 Å². The number of hydrogen-bond donors (Lipinski definition) is 1.